The molecule has 5 aliphatic rings. The molecular formula is C32H56B4O16P2S2-2. The molecule has 24 heteroatoms. The summed E-state index contributed by atoms with van der Waals surface area (Å²) in [6.07, 6.45) is -4.34. The maximum atomic E-state index is 12.5. The Bertz CT molecular complexity index is 1270. The molecule has 0 bridgehead atoms. The van der Waals surface area contributed by atoms with Gasteiger partial charge in [-0.1, -0.05) is 11.4 Å². The molecule has 8 unspecified atom stereocenters. The van der Waals surface area contributed by atoms with Crippen LogP contribution in [0.15, 0.2) is 0 Å². The van der Waals surface area contributed by atoms with Gasteiger partial charge in [0.15, 0.2) is 6.80 Å². The van der Waals surface area contributed by atoms with Crippen LogP contribution in [0.1, 0.15) is 68.2 Å². The third-order valence-electron chi connectivity index (χ3n) is 8.59. The van der Waals surface area contributed by atoms with Crippen LogP contribution in [0.25, 0.3) is 0 Å². The van der Waals surface area contributed by atoms with Crippen molar-refractivity contribution >= 4 is 70.0 Å². The van der Waals surface area contributed by atoms with Gasteiger partial charge in [0.1, 0.15) is 68.0 Å². The molecule has 16 atom stereocenters. The Morgan fingerprint density at radius 3 is 1.77 bits per heavy atom. The minimum Gasteiger partial charge on any atom is -0.770 e. The van der Waals surface area contributed by atoms with E-state index in [1.54, 1.807) is 0 Å². The molecule has 0 aliphatic carbocycles. The molecular weight excluding hydrogens is 810 g/mol. The average Bonchev–Trinajstić information content (AvgIpc) is 3.84. The number of ether oxygens (including phenoxy) is 8. The zero-order valence-corrected chi connectivity index (χ0v) is 36.8. The second-order valence-electron chi connectivity index (χ2n) is 15.0. The molecule has 0 aromatic carbocycles. The van der Waals surface area contributed by atoms with Crippen LogP contribution >= 0.6 is 38.6 Å². The molecule has 5 aliphatic heterocycles. The van der Waals surface area contributed by atoms with Crippen molar-refractivity contribution < 1.29 is 75.5 Å². The summed E-state index contributed by atoms with van der Waals surface area (Å²) in [5, 5.41) is 10.2. The molecule has 0 aromatic heterocycles. The molecule has 0 spiro atoms. The Morgan fingerprint density at radius 2 is 1.25 bits per heavy atom. The second-order valence-corrected chi connectivity index (χ2v) is 20.5. The highest BCUT2D eigenvalue weighted by Gasteiger charge is 2.52. The van der Waals surface area contributed by atoms with E-state index in [-0.39, 0.29) is 67.7 Å². The van der Waals surface area contributed by atoms with Gasteiger partial charge in [-0.15, -0.1) is 0 Å². The first-order valence-corrected chi connectivity index (χ1v) is 24.0. The van der Waals surface area contributed by atoms with Gasteiger partial charge >= 0.3 is 0 Å². The van der Waals surface area contributed by atoms with Gasteiger partial charge in [-0.05, 0) is 68.2 Å². The van der Waals surface area contributed by atoms with E-state index in [1.165, 1.54) is 0 Å². The Morgan fingerprint density at radius 1 is 0.768 bits per heavy atom. The van der Waals surface area contributed by atoms with Crippen molar-refractivity contribution in [3.8, 4) is 0 Å². The van der Waals surface area contributed by atoms with Crippen molar-refractivity contribution in [3.05, 3.63) is 0 Å². The zero-order valence-electron chi connectivity index (χ0n) is 33.3. The van der Waals surface area contributed by atoms with Crippen LogP contribution in [-0.2, 0) is 60.6 Å². The minimum atomic E-state index is -4.38. The number of rotatable bonds is 16. The van der Waals surface area contributed by atoms with E-state index in [0.29, 0.717) is 23.6 Å². The maximum Gasteiger partial charge on any atom is 0.268 e. The first-order chi connectivity index (χ1) is 26.0. The predicted molar refractivity (Wildman–Crippen MR) is 211 cm³/mol. The summed E-state index contributed by atoms with van der Waals surface area (Å²) in [5.74, 6) is 0.764. The lowest BCUT2D eigenvalue weighted by Gasteiger charge is -2.31. The van der Waals surface area contributed by atoms with E-state index in [9.17, 15) is 24.0 Å². The molecule has 316 valence electrons. The molecule has 1 N–H and O–H groups in total. The van der Waals surface area contributed by atoms with Crippen LogP contribution in [0, 0.1) is 0 Å². The summed E-state index contributed by atoms with van der Waals surface area (Å²) < 4.78 is 82.1. The molecule has 16 nitrogen and oxygen atoms in total. The summed E-state index contributed by atoms with van der Waals surface area (Å²) in [6.45, 7) is 11.1. The smallest absolute Gasteiger partial charge is 0.268 e. The maximum absolute atomic E-state index is 12.5. The van der Waals surface area contributed by atoms with Crippen LogP contribution in [-0.4, -0.2) is 171 Å². The fourth-order valence-electron chi connectivity index (χ4n) is 6.20. The number of aliphatic hydroxyl groups is 1. The largest absolute Gasteiger partial charge is 0.770 e. The SMILES string of the molecule is [B][C@@H]1O[C@H](COC(C)C)C(OP(=O)([O-])SC[C@H]2O[C@@H]([B])CC2OC(C)C)C1O.[B][C@@H]1O[C@H](COC(C)C)C2OP(=O)([O-])OC21.[B][C@H]1CC(OC(C)C)[C@@H](CS)O1. The van der Waals surface area contributed by atoms with E-state index >= 15 is 0 Å². The van der Waals surface area contributed by atoms with Gasteiger partial charge in [0.25, 0.3) is 7.82 Å². The number of hydrogen-bond acceptors (Lipinski definition) is 18. The lowest BCUT2D eigenvalue weighted by molar-refractivity contribution is -0.220. The summed E-state index contributed by atoms with van der Waals surface area (Å²) in [5.41, 5.74) is 0. The molecule has 5 heterocycles. The van der Waals surface area contributed by atoms with E-state index in [2.05, 4.69) is 12.6 Å². The average molecular weight is 866 g/mol. The Hall–Kier alpha value is 0.860. The van der Waals surface area contributed by atoms with Crippen molar-refractivity contribution in [2.24, 2.45) is 0 Å². The molecule has 0 amide bonds. The van der Waals surface area contributed by atoms with Gasteiger partial charge in [0.2, 0.25) is 0 Å². The third kappa shape index (κ3) is 16.6. The van der Waals surface area contributed by atoms with E-state index < -0.39 is 75.4 Å². The van der Waals surface area contributed by atoms with Crippen molar-refractivity contribution in [2.75, 3.05) is 24.7 Å². The van der Waals surface area contributed by atoms with E-state index in [4.69, 9.17) is 82.9 Å². The minimum absolute atomic E-state index is 0.0280. The van der Waals surface area contributed by atoms with E-state index in [1.807, 2.05) is 55.4 Å². The lowest BCUT2D eigenvalue weighted by atomic mass is 9.93. The van der Waals surface area contributed by atoms with Crippen molar-refractivity contribution in [3.63, 3.8) is 0 Å². The second kappa shape index (κ2) is 23.3. The molecule has 0 aromatic rings. The normalized spacial score (nSPS) is 40.5. The van der Waals surface area contributed by atoms with Gasteiger partial charge < -0.3 is 66.4 Å². The number of phosphoric acid groups is 1. The standard InChI is InChI=1S/C16H29B2O8PS.C8H14BO6P.C8H15BO2S/c1-8(2)22-6-11-15(14(19)16(18)25-11)26-27(20,21)28-7-12-10(23-9(3)4)5-13(17)24-12;1-4(2)12-3-5-6-7(8(9)13-5)15-16(10,11)14-6;1-5(2)10-6-3-8(9)11-7(6)4-12/h8-16,19H,5-7H2,1-4H3,(H,20,21);4-8H,3H2,1-2H3,(H,10,11);5-8,12H,3-4H2,1-2H3/p-2/t10?,11-,12-,13-,14?,15?,16-;5-,6?,7?,8-;6?,7-,8-/m111/s1. The van der Waals surface area contributed by atoms with Crippen LogP contribution in [0.4, 0.5) is 0 Å². The van der Waals surface area contributed by atoms with Crippen LogP contribution in [0.5, 0.6) is 0 Å². The Labute approximate surface area is 346 Å². The summed E-state index contributed by atoms with van der Waals surface area (Å²) in [6, 6.07) is -2.51. The summed E-state index contributed by atoms with van der Waals surface area (Å²) >= 11 is 4.77. The van der Waals surface area contributed by atoms with Gasteiger partial charge in [-0.2, -0.15) is 12.6 Å². The van der Waals surface area contributed by atoms with Crippen LogP contribution in [0.2, 0.25) is 0 Å². The Balaban J connectivity index is 0.000000251. The molecule has 0 saturated carbocycles. The number of fused-ring (bicyclic) bond motifs is 1. The summed E-state index contributed by atoms with van der Waals surface area (Å²) in [7, 11) is 18.5. The lowest BCUT2D eigenvalue weighted by Crippen LogP contribution is -2.38. The molecule has 56 heavy (non-hydrogen) atoms. The molecule has 5 fully saturated rings. The number of aliphatic hydroxyl groups excluding tert-OH is 1. The van der Waals surface area contributed by atoms with Gasteiger partial charge in [0, 0.05) is 35.5 Å². The number of phosphoric ester groups is 1. The van der Waals surface area contributed by atoms with Crippen molar-refractivity contribution in [2.45, 2.75) is 178 Å². The third-order valence-corrected chi connectivity index (χ3v) is 12.9. The van der Waals surface area contributed by atoms with Crippen LogP contribution in [0.3, 0.4) is 0 Å². The topological polar surface area (TPSA) is 202 Å². The first-order valence-electron chi connectivity index (χ1n) is 18.8. The fourth-order valence-corrected chi connectivity index (χ4v) is 10.4. The quantitative estimate of drug-likeness (QED) is 0.126. The van der Waals surface area contributed by atoms with Crippen molar-refractivity contribution in [1.29, 1.82) is 0 Å². The van der Waals surface area contributed by atoms with Gasteiger partial charge in [-0.3, -0.25) is 9.13 Å². The predicted octanol–water partition coefficient (Wildman–Crippen LogP) is 0.880. The zero-order chi connectivity index (χ0) is 42.1. The van der Waals surface area contributed by atoms with Gasteiger partial charge in [0.05, 0.1) is 62.0 Å². The molecule has 5 rings (SSSR count). The fraction of sp³-hybridized carbons (Fsp3) is 1.00. The molecule has 5 saturated heterocycles. The highest BCUT2D eigenvalue weighted by molar-refractivity contribution is 8.54. The summed E-state index contributed by atoms with van der Waals surface area (Å²) in [4.78, 5) is 23.6. The molecule has 8 radical (unpaired) electrons. The highest BCUT2D eigenvalue weighted by atomic mass is 32.7. The highest BCUT2D eigenvalue weighted by Crippen LogP contribution is 2.55. The number of hydrogen-bond donors (Lipinski definition) is 2. The van der Waals surface area contributed by atoms with E-state index in [0.717, 1.165) is 6.42 Å². The Kier molecular flexibility index (Phi) is 21.3. The van der Waals surface area contributed by atoms with Crippen molar-refractivity contribution in [1.82, 2.24) is 0 Å². The first kappa shape index (κ1) is 51.2. The van der Waals surface area contributed by atoms with Gasteiger partial charge in [-0.25, -0.2) is 0 Å². The van der Waals surface area contributed by atoms with Crippen LogP contribution < -0.4 is 9.79 Å². The number of thiol groups is 1. The monoisotopic (exact) mass is 866 g/mol.